The van der Waals surface area contributed by atoms with Crippen LogP contribution in [0.4, 0.5) is 5.69 Å². The Hall–Kier alpha value is -2.38. The van der Waals surface area contributed by atoms with Gasteiger partial charge in [-0.1, -0.05) is 38.1 Å². The van der Waals surface area contributed by atoms with E-state index >= 15 is 0 Å². The first-order valence-corrected chi connectivity index (χ1v) is 10.9. The number of nitrogens with one attached hydrogen (secondary N) is 1. The van der Waals surface area contributed by atoms with Gasteiger partial charge in [-0.25, -0.2) is 13.4 Å². The van der Waals surface area contributed by atoms with Crippen molar-refractivity contribution in [1.29, 1.82) is 0 Å². The molecule has 0 fully saturated rings. The maximum Gasteiger partial charge on any atom is 0.262 e. The second-order valence-electron chi connectivity index (χ2n) is 6.46. The van der Waals surface area contributed by atoms with Crippen molar-refractivity contribution in [2.24, 2.45) is 0 Å². The molecule has 0 aliphatic carbocycles. The number of nitrogens with zero attached hydrogens (tertiary/aromatic N) is 1. The van der Waals surface area contributed by atoms with Crippen LogP contribution < -0.4 is 9.46 Å². The zero-order valence-electron chi connectivity index (χ0n) is 15.7. The van der Waals surface area contributed by atoms with E-state index in [0.717, 1.165) is 21.8 Å². The van der Waals surface area contributed by atoms with Gasteiger partial charge in [0.05, 0.1) is 28.4 Å². The van der Waals surface area contributed by atoms with Crippen molar-refractivity contribution >= 4 is 27.0 Å². The number of benzene rings is 2. The van der Waals surface area contributed by atoms with Gasteiger partial charge in [-0.05, 0) is 36.6 Å². The highest BCUT2D eigenvalue weighted by Crippen LogP contribution is 2.32. The molecule has 1 N–H and O–H groups in total. The third-order valence-electron chi connectivity index (χ3n) is 4.19. The molecule has 5 nitrogen and oxygen atoms in total. The third kappa shape index (κ3) is 4.14. The number of methoxy groups -OCH3 is 1. The van der Waals surface area contributed by atoms with E-state index < -0.39 is 10.0 Å². The van der Waals surface area contributed by atoms with E-state index in [4.69, 9.17) is 4.74 Å². The van der Waals surface area contributed by atoms with Gasteiger partial charge in [0, 0.05) is 10.9 Å². The van der Waals surface area contributed by atoms with Crippen molar-refractivity contribution in [3.8, 4) is 17.0 Å². The summed E-state index contributed by atoms with van der Waals surface area (Å²) in [6, 6.07) is 12.4. The fourth-order valence-electron chi connectivity index (χ4n) is 2.83. The maximum absolute atomic E-state index is 13.2. The molecule has 0 bridgehead atoms. The fourth-order valence-corrected chi connectivity index (χ4v) is 4.91. The molecule has 2 aromatic carbocycles. The number of rotatable bonds is 6. The van der Waals surface area contributed by atoms with Crippen molar-refractivity contribution in [3.05, 3.63) is 58.4 Å². The number of thiazole rings is 1. The minimum Gasteiger partial charge on any atom is -0.495 e. The van der Waals surface area contributed by atoms with Crippen molar-refractivity contribution in [2.75, 3.05) is 11.8 Å². The molecule has 0 aliphatic rings. The Balaban J connectivity index is 2.09. The van der Waals surface area contributed by atoms with E-state index in [1.807, 2.05) is 38.3 Å². The standard InChI is InChI=1S/C20H22N2O3S2/c1-13(2)16-10-9-15(18-12-26-14(3)21-18)11-20(16)27(23,24)22-17-7-5-6-8-19(17)25-4/h5-13,22H,1-4H3. The Labute approximate surface area is 164 Å². The molecule has 3 aromatic rings. The highest BCUT2D eigenvalue weighted by Gasteiger charge is 2.23. The minimum absolute atomic E-state index is 0.0560. The van der Waals surface area contributed by atoms with Crippen molar-refractivity contribution in [2.45, 2.75) is 31.6 Å². The van der Waals surface area contributed by atoms with Crippen LogP contribution in [0.2, 0.25) is 0 Å². The zero-order valence-corrected chi connectivity index (χ0v) is 17.3. The number of ether oxygens (including phenoxy) is 1. The summed E-state index contributed by atoms with van der Waals surface area (Å²) in [4.78, 5) is 4.73. The summed E-state index contributed by atoms with van der Waals surface area (Å²) in [6.45, 7) is 5.88. The summed E-state index contributed by atoms with van der Waals surface area (Å²) >= 11 is 1.54. The minimum atomic E-state index is -3.80. The lowest BCUT2D eigenvalue weighted by molar-refractivity contribution is 0.417. The van der Waals surface area contributed by atoms with Crippen LogP contribution in [0.15, 0.2) is 52.7 Å². The van der Waals surface area contributed by atoms with Crippen molar-refractivity contribution in [3.63, 3.8) is 0 Å². The summed E-state index contributed by atoms with van der Waals surface area (Å²) in [7, 11) is -2.29. The zero-order chi connectivity index (χ0) is 19.6. The molecule has 1 heterocycles. The number of aromatic nitrogens is 1. The predicted molar refractivity (Wildman–Crippen MR) is 110 cm³/mol. The van der Waals surface area contributed by atoms with Gasteiger partial charge < -0.3 is 4.74 Å². The van der Waals surface area contributed by atoms with Gasteiger partial charge in [0.1, 0.15) is 5.75 Å². The van der Waals surface area contributed by atoms with E-state index in [9.17, 15) is 8.42 Å². The summed E-state index contributed by atoms with van der Waals surface area (Å²) in [5.74, 6) is 0.527. The molecule has 0 atom stereocenters. The first kappa shape index (κ1) is 19.4. The van der Waals surface area contributed by atoms with E-state index in [2.05, 4.69) is 9.71 Å². The highest BCUT2D eigenvalue weighted by molar-refractivity contribution is 7.92. The normalized spacial score (nSPS) is 11.6. The smallest absolute Gasteiger partial charge is 0.262 e. The molecule has 3 rings (SSSR count). The molecular formula is C20H22N2O3S2. The number of hydrogen-bond donors (Lipinski definition) is 1. The van der Waals surface area contributed by atoms with Crippen LogP contribution in [0.5, 0.6) is 5.75 Å². The van der Waals surface area contributed by atoms with Gasteiger partial charge in [0.15, 0.2) is 0 Å². The van der Waals surface area contributed by atoms with Crippen molar-refractivity contribution < 1.29 is 13.2 Å². The topological polar surface area (TPSA) is 68.3 Å². The van der Waals surface area contributed by atoms with Crippen LogP contribution >= 0.6 is 11.3 Å². The number of anilines is 1. The van der Waals surface area contributed by atoms with Crippen LogP contribution in [-0.4, -0.2) is 20.5 Å². The molecule has 0 spiro atoms. The Morgan fingerprint density at radius 1 is 1.15 bits per heavy atom. The van der Waals surface area contributed by atoms with E-state index in [1.54, 1.807) is 30.3 Å². The second-order valence-corrected chi connectivity index (χ2v) is 9.18. The molecular weight excluding hydrogens is 380 g/mol. The van der Waals surface area contributed by atoms with Crippen LogP contribution in [-0.2, 0) is 10.0 Å². The van der Waals surface area contributed by atoms with Gasteiger partial charge in [-0.2, -0.15) is 0 Å². The van der Waals surface area contributed by atoms with Crippen LogP contribution in [0, 0.1) is 6.92 Å². The molecule has 0 saturated carbocycles. The number of para-hydroxylation sites is 2. The lowest BCUT2D eigenvalue weighted by Crippen LogP contribution is -2.16. The van der Waals surface area contributed by atoms with Crippen LogP contribution in [0.1, 0.15) is 30.3 Å². The molecule has 0 aliphatic heterocycles. The largest absolute Gasteiger partial charge is 0.495 e. The predicted octanol–water partition coefficient (Wildman–Crippen LogP) is 5.05. The quantitative estimate of drug-likeness (QED) is 0.626. The highest BCUT2D eigenvalue weighted by atomic mass is 32.2. The van der Waals surface area contributed by atoms with E-state index in [-0.39, 0.29) is 10.8 Å². The van der Waals surface area contributed by atoms with E-state index in [0.29, 0.717) is 11.4 Å². The lowest BCUT2D eigenvalue weighted by atomic mass is 10.0. The Morgan fingerprint density at radius 2 is 1.89 bits per heavy atom. The Bertz CT molecular complexity index is 1060. The second kappa shape index (κ2) is 7.70. The maximum atomic E-state index is 13.2. The molecule has 0 radical (unpaired) electrons. The first-order chi connectivity index (χ1) is 12.8. The van der Waals surface area contributed by atoms with Crippen LogP contribution in [0.3, 0.4) is 0 Å². The third-order valence-corrected chi connectivity index (χ3v) is 6.39. The average molecular weight is 403 g/mol. The molecule has 1 aromatic heterocycles. The number of sulfonamides is 1. The summed E-state index contributed by atoms with van der Waals surface area (Å²) in [6.07, 6.45) is 0. The summed E-state index contributed by atoms with van der Waals surface area (Å²) < 4.78 is 34.3. The number of hydrogen-bond acceptors (Lipinski definition) is 5. The van der Waals surface area contributed by atoms with Gasteiger partial charge in [-0.15, -0.1) is 11.3 Å². The molecule has 0 unspecified atom stereocenters. The van der Waals surface area contributed by atoms with Gasteiger partial charge in [0.2, 0.25) is 0 Å². The Morgan fingerprint density at radius 3 is 2.52 bits per heavy atom. The number of aryl methyl sites for hydroxylation is 1. The molecule has 0 saturated heterocycles. The molecule has 7 heteroatoms. The summed E-state index contributed by atoms with van der Waals surface area (Å²) in [5, 5.41) is 2.87. The molecule has 0 amide bonds. The lowest BCUT2D eigenvalue weighted by Gasteiger charge is -2.17. The first-order valence-electron chi connectivity index (χ1n) is 8.54. The van der Waals surface area contributed by atoms with Gasteiger partial charge in [-0.3, -0.25) is 4.72 Å². The Kier molecular flexibility index (Phi) is 5.53. The van der Waals surface area contributed by atoms with Crippen LogP contribution in [0.25, 0.3) is 11.3 Å². The van der Waals surface area contributed by atoms with Crippen molar-refractivity contribution in [1.82, 2.24) is 4.98 Å². The summed E-state index contributed by atoms with van der Waals surface area (Å²) in [5.41, 5.74) is 2.73. The van der Waals surface area contributed by atoms with Gasteiger partial charge >= 0.3 is 0 Å². The van der Waals surface area contributed by atoms with Gasteiger partial charge in [0.25, 0.3) is 10.0 Å². The average Bonchev–Trinajstić information content (AvgIpc) is 3.07. The molecule has 27 heavy (non-hydrogen) atoms. The SMILES string of the molecule is COc1ccccc1NS(=O)(=O)c1cc(-c2csc(C)n2)ccc1C(C)C. The molecule has 142 valence electrons. The monoisotopic (exact) mass is 402 g/mol. The fraction of sp³-hybridized carbons (Fsp3) is 0.250. The van der Waals surface area contributed by atoms with E-state index in [1.165, 1.54) is 18.4 Å².